The summed E-state index contributed by atoms with van der Waals surface area (Å²) in [5.74, 6) is -1.68. The molecule has 3 aromatic carbocycles. The second-order valence-electron chi connectivity index (χ2n) is 9.60. The van der Waals surface area contributed by atoms with Crippen LogP contribution in [-0.4, -0.2) is 40.8 Å². The Balaban J connectivity index is 1.38. The number of carbonyl (C=O) groups excluding carboxylic acids is 3. The topological polar surface area (TPSA) is 103 Å². The number of carbonyl (C=O) groups is 3. The summed E-state index contributed by atoms with van der Waals surface area (Å²) >= 11 is 0. The molecule has 3 atom stereocenters. The van der Waals surface area contributed by atoms with Gasteiger partial charge >= 0.3 is 5.97 Å². The van der Waals surface area contributed by atoms with E-state index >= 15 is 0 Å². The van der Waals surface area contributed by atoms with E-state index in [4.69, 9.17) is 14.3 Å². The van der Waals surface area contributed by atoms with Gasteiger partial charge in [0.1, 0.15) is 11.6 Å². The lowest BCUT2D eigenvalue weighted by Gasteiger charge is -2.29. The number of aromatic nitrogens is 2. The molecule has 4 aromatic rings. The summed E-state index contributed by atoms with van der Waals surface area (Å²) in [5, 5.41) is 5.80. The van der Waals surface area contributed by atoms with Gasteiger partial charge in [-0.1, -0.05) is 42.5 Å². The molecular formula is C30H26N4O6. The molecule has 0 N–H and O–H groups in total. The van der Waals surface area contributed by atoms with Gasteiger partial charge in [0.05, 0.1) is 30.2 Å². The number of ether oxygens (including phenoxy) is 2. The number of amides is 2. The number of methoxy groups -OCH3 is 1. The molecule has 3 heterocycles. The first kappa shape index (κ1) is 25.3. The van der Waals surface area contributed by atoms with Crippen molar-refractivity contribution in [3.05, 3.63) is 102 Å². The standard InChI is InChI=1S/C30H26N4O6/c1-18-16-22(32(2)31-18)30(37)39-23-15-14-19(17-24(23)38-3)26-25-27(40-34(26)21-12-8-5-9-13-21)29(36)33(28(25)35)20-10-6-4-7-11-20/h4-17,25-27H,1-3H3/t25-,26-,27+/m1/s1. The van der Waals surface area contributed by atoms with Gasteiger partial charge in [-0.25, -0.2) is 14.8 Å². The highest BCUT2D eigenvalue weighted by molar-refractivity contribution is 6.23. The fraction of sp³-hybridized carbons (Fsp3) is 0.200. The number of para-hydroxylation sites is 2. The highest BCUT2D eigenvalue weighted by Gasteiger charge is 2.60. The molecule has 6 rings (SSSR count). The van der Waals surface area contributed by atoms with Crippen molar-refractivity contribution in [2.24, 2.45) is 13.0 Å². The number of fused-ring (bicyclic) bond motifs is 1. The second-order valence-corrected chi connectivity index (χ2v) is 9.60. The van der Waals surface area contributed by atoms with Gasteiger partial charge in [-0.15, -0.1) is 0 Å². The first-order valence-corrected chi connectivity index (χ1v) is 12.7. The zero-order chi connectivity index (χ0) is 28.0. The number of benzene rings is 3. The third-order valence-corrected chi connectivity index (χ3v) is 7.08. The lowest BCUT2D eigenvalue weighted by Crippen LogP contribution is -2.37. The lowest BCUT2D eigenvalue weighted by molar-refractivity contribution is -0.126. The van der Waals surface area contributed by atoms with E-state index in [9.17, 15) is 14.4 Å². The van der Waals surface area contributed by atoms with Crippen LogP contribution in [0.1, 0.15) is 27.8 Å². The van der Waals surface area contributed by atoms with E-state index in [-0.39, 0.29) is 17.4 Å². The van der Waals surface area contributed by atoms with Crippen molar-refractivity contribution < 1.29 is 28.7 Å². The normalized spacial score (nSPS) is 20.1. The molecule has 0 saturated carbocycles. The molecule has 10 heteroatoms. The fourth-order valence-electron chi connectivity index (χ4n) is 5.29. The average molecular weight is 539 g/mol. The third kappa shape index (κ3) is 4.18. The van der Waals surface area contributed by atoms with Crippen LogP contribution < -0.4 is 19.4 Å². The van der Waals surface area contributed by atoms with Gasteiger partial charge in [0.2, 0.25) is 5.91 Å². The van der Waals surface area contributed by atoms with Crippen LogP contribution in [0, 0.1) is 12.8 Å². The Labute approximate surface area is 230 Å². The summed E-state index contributed by atoms with van der Waals surface area (Å²) < 4.78 is 12.7. The van der Waals surface area contributed by atoms with Gasteiger partial charge < -0.3 is 9.47 Å². The molecule has 2 saturated heterocycles. The predicted molar refractivity (Wildman–Crippen MR) is 145 cm³/mol. The van der Waals surface area contributed by atoms with Crippen LogP contribution in [0.2, 0.25) is 0 Å². The molecule has 0 radical (unpaired) electrons. The first-order valence-electron chi connectivity index (χ1n) is 12.7. The summed E-state index contributed by atoms with van der Waals surface area (Å²) in [4.78, 5) is 47.5. The van der Waals surface area contributed by atoms with Crippen molar-refractivity contribution in [2.75, 3.05) is 17.1 Å². The fourth-order valence-corrected chi connectivity index (χ4v) is 5.29. The Hall–Kier alpha value is -4.96. The van der Waals surface area contributed by atoms with E-state index in [1.54, 1.807) is 67.6 Å². The highest BCUT2D eigenvalue weighted by Crippen LogP contribution is 2.48. The molecule has 0 unspecified atom stereocenters. The van der Waals surface area contributed by atoms with Crippen molar-refractivity contribution >= 4 is 29.2 Å². The minimum absolute atomic E-state index is 0.205. The minimum atomic E-state index is -1.01. The molecule has 0 aliphatic carbocycles. The second kappa shape index (κ2) is 9.97. The minimum Gasteiger partial charge on any atom is -0.493 e. The molecule has 2 fully saturated rings. The molecule has 2 aliphatic rings. The van der Waals surface area contributed by atoms with Crippen molar-refractivity contribution in [2.45, 2.75) is 19.1 Å². The molecule has 40 heavy (non-hydrogen) atoms. The molecular weight excluding hydrogens is 512 g/mol. The maximum absolute atomic E-state index is 13.8. The highest BCUT2D eigenvalue weighted by atomic mass is 16.7. The number of esters is 1. The van der Waals surface area contributed by atoms with Crippen LogP contribution in [-0.2, 0) is 21.5 Å². The van der Waals surface area contributed by atoms with Crippen LogP contribution in [0.15, 0.2) is 84.9 Å². The molecule has 0 bridgehead atoms. The van der Waals surface area contributed by atoms with Crippen LogP contribution in [0.3, 0.4) is 0 Å². The summed E-state index contributed by atoms with van der Waals surface area (Å²) in [5.41, 5.74) is 2.82. The van der Waals surface area contributed by atoms with Gasteiger partial charge in [-0.3, -0.25) is 19.1 Å². The Morgan fingerprint density at radius 3 is 2.17 bits per heavy atom. The van der Waals surface area contributed by atoms with E-state index in [1.807, 2.05) is 36.4 Å². The van der Waals surface area contributed by atoms with Crippen molar-refractivity contribution in [1.29, 1.82) is 0 Å². The molecule has 10 nitrogen and oxygen atoms in total. The third-order valence-electron chi connectivity index (χ3n) is 7.08. The Morgan fingerprint density at radius 1 is 0.875 bits per heavy atom. The average Bonchev–Trinajstić information content (AvgIpc) is 3.60. The monoisotopic (exact) mass is 538 g/mol. The quantitative estimate of drug-likeness (QED) is 0.206. The van der Waals surface area contributed by atoms with E-state index in [0.29, 0.717) is 28.3 Å². The first-order chi connectivity index (χ1) is 19.4. The number of hydrogen-bond acceptors (Lipinski definition) is 8. The van der Waals surface area contributed by atoms with Gasteiger partial charge in [0, 0.05) is 7.05 Å². The number of aryl methyl sites for hydroxylation is 2. The molecule has 2 aliphatic heterocycles. The van der Waals surface area contributed by atoms with Crippen molar-refractivity contribution in [1.82, 2.24) is 9.78 Å². The Kier molecular flexibility index (Phi) is 6.31. The number of rotatable bonds is 6. The molecule has 1 aromatic heterocycles. The van der Waals surface area contributed by atoms with E-state index in [0.717, 1.165) is 0 Å². The van der Waals surface area contributed by atoms with Crippen LogP contribution in [0.4, 0.5) is 11.4 Å². The summed E-state index contributed by atoms with van der Waals surface area (Å²) in [6, 6.07) is 24.1. The van der Waals surface area contributed by atoms with Crippen LogP contribution in [0.5, 0.6) is 11.5 Å². The summed E-state index contributed by atoms with van der Waals surface area (Å²) in [6.45, 7) is 1.79. The zero-order valence-electron chi connectivity index (χ0n) is 22.1. The summed E-state index contributed by atoms with van der Waals surface area (Å²) in [7, 11) is 3.13. The zero-order valence-corrected chi connectivity index (χ0v) is 22.1. The lowest BCUT2D eigenvalue weighted by atomic mass is 9.90. The maximum Gasteiger partial charge on any atom is 0.362 e. The molecule has 2 amide bonds. The Morgan fingerprint density at radius 2 is 1.55 bits per heavy atom. The number of nitrogens with zero attached hydrogens (tertiary/aromatic N) is 4. The van der Waals surface area contributed by atoms with Crippen molar-refractivity contribution in [3.8, 4) is 11.5 Å². The van der Waals surface area contributed by atoms with Gasteiger partial charge in [-0.2, -0.15) is 5.10 Å². The predicted octanol–water partition coefficient (Wildman–Crippen LogP) is 4.01. The molecule has 0 spiro atoms. The Bertz CT molecular complexity index is 1600. The number of imide groups is 1. The van der Waals surface area contributed by atoms with Gasteiger partial charge in [-0.05, 0) is 55.0 Å². The number of hydroxylamine groups is 1. The van der Waals surface area contributed by atoms with E-state index in [2.05, 4.69) is 5.10 Å². The number of hydrogen-bond donors (Lipinski definition) is 0. The molecule has 202 valence electrons. The maximum atomic E-state index is 13.8. The smallest absolute Gasteiger partial charge is 0.362 e. The van der Waals surface area contributed by atoms with E-state index in [1.165, 1.54) is 16.7 Å². The van der Waals surface area contributed by atoms with Crippen LogP contribution >= 0.6 is 0 Å². The summed E-state index contributed by atoms with van der Waals surface area (Å²) in [6.07, 6.45) is -1.01. The SMILES string of the molecule is COc1cc([C@@H]2[C@H]3C(=O)N(c4ccccc4)C(=O)[C@H]3ON2c2ccccc2)ccc1OC(=O)c1cc(C)nn1C. The van der Waals surface area contributed by atoms with Gasteiger partial charge in [0.25, 0.3) is 5.91 Å². The van der Waals surface area contributed by atoms with Crippen molar-refractivity contribution in [3.63, 3.8) is 0 Å². The van der Waals surface area contributed by atoms with Crippen LogP contribution in [0.25, 0.3) is 0 Å². The largest absolute Gasteiger partial charge is 0.493 e. The van der Waals surface area contributed by atoms with E-state index < -0.39 is 29.9 Å². The van der Waals surface area contributed by atoms with Gasteiger partial charge in [0.15, 0.2) is 17.6 Å². The number of anilines is 2.